The summed E-state index contributed by atoms with van der Waals surface area (Å²) in [4.78, 5) is 0. The van der Waals surface area contributed by atoms with Gasteiger partial charge < -0.3 is 9.47 Å². The number of hydrogen-bond donors (Lipinski definition) is 0. The Balaban J connectivity index is 2.33. The van der Waals surface area contributed by atoms with Crippen molar-refractivity contribution in [3.05, 3.63) is 36.4 Å². The molecule has 2 nitrogen and oxygen atoms in total. The first-order chi connectivity index (χ1) is 7.38. The minimum absolute atomic E-state index is 0.730. The lowest BCUT2D eigenvalue weighted by Gasteiger charge is -2.08. The SMILES string of the molecule is C=Cc1ccccc1OCCCCOC. The maximum Gasteiger partial charge on any atom is 0.126 e. The van der Waals surface area contributed by atoms with E-state index in [1.807, 2.05) is 30.3 Å². The quantitative estimate of drug-likeness (QED) is 0.638. The minimum Gasteiger partial charge on any atom is -0.493 e. The molecule has 2 heteroatoms. The van der Waals surface area contributed by atoms with Gasteiger partial charge in [-0.3, -0.25) is 0 Å². The lowest BCUT2D eigenvalue weighted by atomic mass is 10.2. The van der Waals surface area contributed by atoms with Crippen molar-refractivity contribution >= 4 is 6.08 Å². The number of methoxy groups -OCH3 is 1. The molecule has 0 fully saturated rings. The molecule has 1 aromatic carbocycles. The van der Waals surface area contributed by atoms with Crippen molar-refractivity contribution in [3.63, 3.8) is 0 Å². The monoisotopic (exact) mass is 206 g/mol. The normalized spacial score (nSPS) is 9.93. The van der Waals surface area contributed by atoms with Gasteiger partial charge in [-0.15, -0.1) is 0 Å². The van der Waals surface area contributed by atoms with Gasteiger partial charge >= 0.3 is 0 Å². The molecule has 0 bridgehead atoms. The maximum atomic E-state index is 5.65. The van der Waals surface area contributed by atoms with E-state index < -0.39 is 0 Å². The van der Waals surface area contributed by atoms with E-state index in [4.69, 9.17) is 9.47 Å². The summed E-state index contributed by atoms with van der Waals surface area (Å²) >= 11 is 0. The molecular weight excluding hydrogens is 188 g/mol. The Morgan fingerprint density at radius 2 is 1.93 bits per heavy atom. The van der Waals surface area contributed by atoms with E-state index in [1.165, 1.54) is 0 Å². The van der Waals surface area contributed by atoms with Crippen molar-refractivity contribution in [1.82, 2.24) is 0 Å². The Labute approximate surface area is 91.5 Å². The van der Waals surface area contributed by atoms with Gasteiger partial charge in [-0.25, -0.2) is 0 Å². The molecule has 0 saturated carbocycles. The van der Waals surface area contributed by atoms with E-state index in [0.29, 0.717) is 0 Å². The predicted octanol–water partition coefficient (Wildman–Crippen LogP) is 3.14. The zero-order valence-corrected chi connectivity index (χ0v) is 9.24. The molecule has 0 N–H and O–H groups in total. The summed E-state index contributed by atoms with van der Waals surface area (Å²) in [5.74, 6) is 0.907. The highest BCUT2D eigenvalue weighted by molar-refractivity contribution is 5.55. The molecule has 0 amide bonds. The number of ether oxygens (including phenoxy) is 2. The van der Waals surface area contributed by atoms with Crippen LogP contribution >= 0.6 is 0 Å². The van der Waals surface area contributed by atoms with Crippen LogP contribution < -0.4 is 4.74 Å². The van der Waals surface area contributed by atoms with Gasteiger partial charge in [0.1, 0.15) is 5.75 Å². The Kier molecular flexibility index (Phi) is 5.56. The van der Waals surface area contributed by atoms with Gasteiger partial charge in [0.2, 0.25) is 0 Å². The molecule has 1 rings (SSSR count). The van der Waals surface area contributed by atoms with Gasteiger partial charge in [0.15, 0.2) is 0 Å². The van der Waals surface area contributed by atoms with Gasteiger partial charge in [-0.2, -0.15) is 0 Å². The van der Waals surface area contributed by atoms with Crippen LogP contribution in [0.4, 0.5) is 0 Å². The summed E-state index contributed by atoms with van der Waals surface area (Å²) in [6.07, 6.45) is 3.86. The molecule has 0 spiro atoms. The Morgan fingerprint density at radius 1 is 1.20 bits per heavy atom. The summed E-state index contributed by atoms with van der Waals surface area (Å²) in [6, 6.07) is 7.91. The molecule has 0 heterocycles. The highest BCUT2D eigenvalue weighted by atomic mass is 16.5. The molecule has 0 saturated heterocycles. The lowest BCUT2D eigenvalue weighted by Crippen LogP contribution is -2.00. The fourth-order valence-electron chi connectivity index (χ4n) is 1.31. The highest BCUT2D eigenvalue weighted by Crippen LogP contribution is 2.18. The van der Waals surface area contributed by atoms with E-state index in [0.717, 1.165) is 37.4 Å². The molecule has 0 atom stereocenters. The topological polar surface area (TPSA) is 18.5 Å². The first-order valence-electron chi connectivity index (χ1n) is 5.21. The van der Waals surface area contributed by atoms with Gasteiger partial charge in [0.25, 0.3) is 0 Å². The summed E-state index contributed by atoms with van der Waals surface area (Å²) < 4.78 is 10.6. The summed E-state index contributed by atoms with van der Waals surface area (Å²) in [6.45, 7) is 5.28. The van der Waals surface area contributed by atoms with E-state index >= 15 is 0 Å². The van der Waals surface area contributed by atoms with Crippen LogP contribution in [-0.4, -0.2) is 20.3 Å². The molecule has 0 aromatic heterocycles. The molecule has 0 aliphatic rings. The Hall–Kier alpha value is -1.28. The van der Waals surface area contributed by atoms with Gasteiger partial charge in [0.05, 0.1) is 6.61 Å². The van der Waals surface area contributed by atoms with Crippen LogP contribution in [0, 0.1) is 0 Å². The highest BCUT2D eigenvalue weighted by Gasteiger charge is 1.98. The van der Waals surface area contributed by atoms with Crippen LogP contribution in [0.3, 0.4) is 0 Å². The van der Waals surface area contributed by atoms with Crippen LogP contribution in [0.15, 0.2) is 30.8 Å². The van der Waals surface area contributed by atoms with E-state index in [9.17, 15) is 0 Å². The average molecular weight is 206 g/mol. The van der Waals surface area contributed by atoms with Crippen LogP contribution in [0.5, 0.6) is 5.75 Å². The Bertz CT molecular complexity index is 294. The van der Waals surface area contributed by atoms with Crippen molar-refractivity contribution in [3.8, 4) is 5.75 Å². The van der Waals surface area contributed by atoms with E-state index in [2.05, 4.69) is 6.58 Å². The maximum absolute atomic E-state index is 5.65. The summed E-state index contributed by atoms with van der Waals surface area (Å²) in [5, 5.41) is 0. The molecule has 0 aliphatic carbocycles. The van der Waals surface area contributed by atoms with Crippen LogP contribution in [0.25, 0.3) is 6.08 Å². The molecule has 0 unspecified atom stereocenters. The van der Waals surface area contributed by atoms with Crippen molar-refractivity contribution in [2.45, 2.75) is 12.8 Å². The molecule has 0 radical (unpaired) electrons. The second-order valence-electron chi connectivity index (χ2n) is 3.29. The number of unbranched alkanes of at least 4 members (excludes halogenated alkanes) is 1. The molecule has 0 aliphatic heterocycles. The van der Waals surface area contributed by atoms with Gasteiger partial charge in [-0.05, 0) is 18.9 Å². The number of hydrogen-bond acceptors (Lipinski definition) is 2. The van der Waals surface area contributed by atoms with E-state index in [1.54, 1.807) is 7.11 Å². The number of para-hydroxylation sites is 1. The largest absolute Gasteiger partial charge is 0.493 e. The van der Waals surface area contributed by atoms with Gasteiger partial charge in [-0.1, -0.05) is 30.9 Å². The number of benzene rings is 1. The zero-order valence-electron chi connectivity index (χ0n) is 9.24. The van der Waals surface area contributed by atoms with Crippen molar-refractivity contribution in [1.29, 1.82) is 0 Å². The van der Waals surface area contributed by atoms with Crippen LogP contribution in [0.2, 0.25) is 0 Å². The summed E-state index contributed by atoms with van der Waals surface area (Å²) in [5.41, 5.74) is 1.05. The predicted molar refractivity (Wildman–Crippen MR) is 63.1 cm³/mol. The van der Waals surface area contributed by atoms with E-state index in [-0.39, 0.29) is 0 Å². The Morgan fingerprint density at radius 3 is 2.67 bits per heavy atom. The van der Waals surface area contributed by atoms with Crippen LogP contribution in [0.1, 0.15) is 18.4 Å². The van der Waals surface area contributed by atoms with Crippen molar-refractivity contribution in [2.24, 2.45) is 0 Å². The summed E-state index contributed by atoms with van der Waals surface area (Å²) in [7, 11) is 1.72. The zero-order chi connectivity index (χ0) is 10.9. The fraction of sp³-hybridized carbons (Fsp3) is 0.385. The third kappa shape index (κ3) is 4.17. The fourth-order valence-corrected chi connectivity index (χ4v) is 1.31. The van der Waals surface area contributed by atoms with Crippen molar-refractivity contribution in [2.75, 3.05) is 20.3 Å². The second kappa shape index (κ2) is 7.07. The second-order valence-corrected chi connectivity index (χ2v) is 3.29. The van der Waals surface area contributed by atoms with Crippen molar-refractivity contribution < 1.29 is 9.47 Å². The third-order valence-corrected chi connectivity index (χ3v) is 2.14. The first kappa shape index (κ1) is 11.8. The number of rotatable bonds is 7. The lowest BCUT2D eigenvalue weighted by molar-refractivity contribution is 0.184. The molecule has 15 heavy (non-hydrogen) atoms. The smallest absolute Gasteiger partial charge is 0.126 e. The standard InChI is InChI=1S/C13H18O2/c1-3-12-8-4-5-9-13(12)15-11-7-6-10-14-2/h3-5,8-9H,1,6-7,10-11H2,2H3. The van der Waals surface area contributed by atoms with Gasteiger partial charge in [0, 0.05) is 19.3 Å². The molecule has 1 aromatic rings. The molecule has 82 valence electrons. The van der Waals surface area contributed by atoms with Crippen LogP contribution in [-0.2, 0) is 4.74 Å². The minimum atomic E-state index is 0.730. The molecular formula is C13H18O2. The first-order valence-corrected chi connectivity index (χ1v) is 5.21. The third-order valence-electron chi connectivity index (χ3n) is 2.14. The average Bonchev–Trinajstić information content (AvgIpc) is 2.29.